The molecule has 8 heteroatoms. The Bertz CT molecular complexity index is 501. The molecule has 2 amide bonds. The number of carbonyl (C=O) groups is 2. The molecule has 1 aliphatic rings. The van der Waals surface area contributed by atoms with E-state index in [0.29, 0.717) is 12.8 Å². The van der Waals surface area contributed by atoms with E-state index in [2.05, 4.69) is 10.6 Å². The molecular weight excluding hydrogens is 296 g/mol. The van der Waals surface area contributed by atoms with Crippen LogP contribution in [-0.2, 0) is 14.6 Å². The van der Waals surface area contributed by atoms with Gasteiger partial charge in [-0.05, 0) is 33.6 Å². The van der Waals surface area contributed by atoms with Crippen LogP contribution >= 0.6 is 0 Å². The van der Waals surface area contributed by atoms with E-state index in [1.54, 1.807) is 20.8 Å². The van der Waals surface area contributed by atoms with Gasteiger partial charge in [-0.2, -0.15) is 0 Å². The van der Waals surface area contributed by atoms with Gasteiger partial charge in [0.15, 0.2) is 9.84 Å². The lowest BCUT2D eigenvalue weighted by atomic mass is 9.98. The van der Waals surface area contributed by atoms with Crippen molar-refractivity contribution in [2.75, 3.05) is 12.3 Å². The summed E-state index contributed by atoms with van der Waals surface area (Å²) in [6.45, 7) is 4.75. The summed E-state index contributed by atoms with van der Waals surface area (Å²) in [5.41, 5.74) is -1.22. The van der Waals surface area contributed by atoms with E-state index in [1.165, 1.54) is 0 Å². The first-order valence-electron chi connectivity index (χ1n) is 7.02. The second-order valence-electron chi connectivity index (χ2n) is 6.41. The first-order valence-corrected chi connectivity index (χ1v) is 8.67. The number of urea groups is 1. The Morgan fingerprint density at radius 1 is 1.19 bits per heavy atom. The molecule has 122 valence electrons. The lowest BCUT2D eigenvalue weighted by molar-refractivity contribution is -0.144. The number of nitrogens with one attached hydrogen (secondary N) is 2. The van der Waals surface area contributed by atoms with Crippen LogP contribution in [0.1, 0.15) is 46.5 Å². The third-order valence-corrected chi connectivity index (χ3v) is 6.42. The van der Waals surface area contributed by atoms with Crippen LogP contribution in [0.5, 0.6) is 0 Å². The van der Waals surface area contributed by atoms with E-state index < -0.39 is 32.1 Å². The molecular formula is C13H24N2O5S. The minimum Gasteiger partial charge on any atom is -0.480 e. The van der Waals surface area contributed by atoms with Gasteiger partial charge in [0.2, 0.25) is 0 Å². The molecule has 1 saturated carbocycles. The molecule has 1 rings (SSSR count). The number of hydrogen-bond donors (Lipinski definition) is 3. The SMILES string of the molecule is CC(C)(C)S(=O)(=O)CCNC(=O)NC1(C(=O)O)CCCC1. The standard InChI is InChI=1S/C13H24N2O5S/c1-12(2,3)21(19,20)9-8-14-11(18)15-13(10(16)17)6-4-5-7-13/h4-9H2,1-3H3,(H,16,17)(H2,14,15,18). The Balaban J connectivity index is 2.50. The number of hydrogen-bond acceptors (Lipinski definition) is 4. The number of aliphatic carboxylic acids is 1. The van der Waals surface area contributed by atoms with Crippen LogP contribution in [0.3, 0.4) is 0 Å². The van der Waals surface area contributed by atoms with Crippen LogP contribution < -0.4 is 10.6 Å². The van der Waals surface area contributed by atoms with E-state index in [0.717, 1.165) is 12.8 Å². The highest BCUT2D eigenvalue weighted by molar-refractivity contribution is 7.92. The van der Waals surface area contributed by atoms with Gasteiger partial charge in [-0.1, -0.05) is 12.8 Å². The molecule has 0 radical (unpaired) electrons. The summed E-state index contributed by atoms with van der Waals surface area (Å²) < 4.78 is 22.9. The Morgan fingerprint density at radius 2 is 1.71 bits per heavy atom. The molecule has 0 spiro atoms. The van der Waals surface area contributed by atoms with Crippen LogP contribution in [0.4, 0.5) is 4.79 Å². The molecule has 3 N–H and O–H groups in total. The molecule has 0 bridgehead atoms. The van der Waals surface area contributed by atoms with E-state index in [1.807, 2.05) is 0 Å². The van der Waals surface area contributed by atoms with Gasteiger partial charge in [0.05, 0.1) is 10.5 Å². The summed E-state index contributed by atoms with van der Waals surface area (Å²) in [5, 5.41) is 14.1. The molecule has 0 aromatic rings. The maximum Gasteiger partial charge on any atom is 0.329 e. The smallest absolute Gasteiger partial charge is 0.329 e. The predicted molar refractivity (Wildman–Crippen MR) is 78.9 cm³/mol. The lowest BCUT2D eigenvalue weighted by Crippen LogP contribution is -2.56. The monoisotopic (exact) mass is 320 g/mol. The first kappa shape index (κ1) is 17.7. The van der Waals surface area contributed by atoms with Gasteiger partial charge in [0.25, 0.3) is 0 Å². The topological polar surface area (TPSA) is 113 Å². The predicted octanol–water partition coefficient (Wildman–Crippen LogP) is 0.896. The zero-order valence-electron chi connectivity index (χ0n) is 12.7. The average molecular weight is 320 g/mol. The van der Waals surface area contributed by atoms with E-state index in [-0.39, 0.29) is 12.3 Å². The van der Waals surface area contributed by atoms with E-state index >= 15 is 0 Å². The minimum atomic E-state index is -3.31. The van der Waals surface area contributed by atoms with Crippen molar-refractivity contribution in [3.05, 3.63) is 0 Å². The van der Waals surface area contributed by atoms with Gasteiger partial charge in [0, 0.05) is 6.54 Å². The van der Waals surface area contributed by atoms with Crippen molar-refractivity contribution in [1.82, 2.24) is 10.6 Å². The van der Waals surface area contributed by atoms with E-state index in [9.17, 15) is 23.1 Å². The maximum atomic E-state index is 11.9. The van der Waals surface area contributed by atoms with Crippen LogP contribution in [0.25, 0.3) is 0 Å². The molecule has 7 nitrogen and oxygen atoms in total. The first-order chi connectivity index (χ1) is 9.50. The molecule has 0 aromatic heterocycles. The Labute approximate surface area is 125 Å². The molecule has 0 aromatic carbocycles. The minimum absolute atomic E-state index is 0.0405. The summed E-state index contributed by atoms with van der Waals surface area (Å²) in [5.74, 6) is -1.22. The van der Waals surface area contributed by atoms with E-state index in [4.69, 9.17) is 0 Å². The number of rotatable bonds is 5. The van der Waals surface area contributed by atoms with Crippen LogP contribution in [0.2, 0.25) is 0 Å². The fourth-order valence-electron chi connectivity index (χ4n) is 2.24. The quantitative estimate of drug-likeness (QED) is 0.696. The van der Waals surface area contributed by atoms with Crippen molar-refractivity contribution in [2.24, 2.45) is 0 Å². The molecule has 0 unspecified atom stereocenters. The zero-order valence-corrected chi connectivity index (χ0v) is 13.5. The molecule has 21 heavy (non-hydrogen) atoms. The molecule has 1 aliphatic carbocycles. The van der Waals surface area contributed by atoms with Crippen LogP contribution in [0.15, 0.2) is 0 Å². The zero-order chi connectivity index (χ0) is 16.3. The average Bonchev–Trinajstić information content (AvgIpc) is 2.76. The largest absolute Gasteiger partial charge is 0.480 e. The Morgan fingerprint density at radius 3 is 2.14 bits per heavy atom. The summed E-state index contributed by atoms with van der Waals surface area (Å²) in [4.78, 5) is 23.0. The van der Waals surface area contributed by atoms with Gasteiger partial charge in [-0.25, -0.2) is 18.0 Å². The highest BCUT2D eigenvalue weighted by atomic mass is 32.2. The van der Waals surface area contributed by atoms with Crippen molar-refractivity contribution < 1.29 is 23.1 Å². The highest BCUT2D eigenvalue weighted by Crippen LogP contribution is 2.29. The fourth-order valence-corrected chi connectivity index (χ4v) is 3.22. The summed E-state index contributed by atoms with van der Waals surface area (Å²) in [7, 11) is -3.31. The van der Waals surface area contributed by atoms with Crippen molar-refractivity contribution in [2.45, 2.75) is 56.7 Å². The summed E-state index contributed by atoms with van der Waals surface area (Å²) in [6, 6.07) is -0.636. The Kier molecular flexibility index (Phi) is 5.25. The van der Waals surface area contributed by atoms with Gasteiger partial charge < -0.3 is 15.7 Å². The summed E-state index contributed by atoms with van der Waals surface area (Å²) >= 11 is 0. The molecule has 0 heterocycles. The van der Waals surface area contributed by atoms with Crippen LogP contribution in [0, 0.1) is 0 Å². The van der Waals surface area contributed by atoms with Gasteiger partial charge in [0.1, 0.15) is 5.54 Å². The second-order valence-corrected chi connectivity index (χ2v) is 9.27. The third kappa shape index (κ3) is 4.33. The Hall–Kier alpha value is -1.31. The van der Waals surface area contributed by atoms with Crippen LogP contribution in [-0.4, -0.2) is 48.1 Å². The molecule has 0 saturated heterocycles. The number of sulfone groups is 1. The lowest BCUT2D eigenvalue weighted by Gasteiger charge is -2.25. The van der Waals surface area contributed by atoms with Crippen molar-refractivity contribution >= 4 is 21.8 Å². The van der Waals surface area contributed by atoms with Gasteiger partial charge in [-0.15, -0.1) is 0 Å². The number of carboxylic acids is 1. The number of amides is 2. The van der Waals surface area contributed by atoms with Gasteiger partial charge >= 0.3 is 12.0 Å². The molecule has 0 atom stereocenters. The number of carboxylic acid groups (broad SMARTS) is 1. The van der Waals surface area contributed by atoms with Crippen molar-refractivity contribution in [3.63, 3.8) is 0 Å². The molecule has 1 fully saturated rings. The third-order valence-electron chi connectivity index (χ3n) is 3.81. The van der Waals surface area contributed by atoms with Gasteiger partial charge in [-0.3, -0.25) is 0 Å². The summed E-state index contributed by atoms with van der Waals surface area (Å²) in [6.07, 6.45) is 2.31. The van der Waals surface area contributed by atoms with Crippen molar-refractivity contribution in [1.29, 1.82) is 0 Å². The second kappa shape index (κ2) is 6.21. The fraction of sp³-hybridized carbons (Fsp3) is 0.846. The van der Waals surface area contributed by atoms with Crippen molar-refractivity contribution in [3.8, 4) is 0 Å². The maximum absolute atomic E-state index is 11.9. The normalized spacial score (nSPS) is 18.2. The molecule has 0 aliphatic heterocycles. The highest BCUT2D eigenvalue weighted by Gasteiger charge is 2.42. The number of carbonyl (C=O) groups excluding carboxylic acids is 1.